The van der Waals surface area contributed by atoms with Crippen LogP contribution in [0.15, 0.2) is 10.8 Å². The van der Waals surface area contributed by atoms with Gasteiger partial charge in [-0.05, 0) is 35.3 Å². The second-order valence-electron chi connectivity index (χ2n) is 4.64. The van der Waals surface area contributed by atoms with Gasteiger partial charge in [0, 0.05) is 19.8 Å². The Morgan fingerprint density at radius 2 is 2.47 bits per heavy atom. The molecule has 1 aromatic rings. The lowest BCUT2D eigenvalue weighted by Crippen LogP contribution is -2.47. The average molecular weight is 332 g/mol. The fourth-order valence-electron chi connectivity index (χ4n) is 2.37. The SMILES string of the molecule is COC(=O)COC1(c2nc(Br)cn2C)CCCNC1. The number of piperidine rings is 1. The van der Waals surface area contributed by atoms with Crippen molar-refractivity contribution in [2.45, 2.75) is 18.4 Å². The van der Waals surface area contributed by atoms with Crippen LogP contribution in [-0.2, 0) is 26.9 Å². The number of methoxy groups -OCH3 is 1. The van der Waals surface area contributed by atoms with Crippen LogP contribution in [0, 0.1) is 0 Å². The zero-order valence-corrected chi connectivity index (χ0v) is 12.7. The van der Waals surface area contributed by atoms with Crippen LogP contribution in [0.4, 0.5) is 0 Å². The Morgan fingerprint density at radius 3 is 3.00 bits per heavy atom. The van der Waals surface area contributed by atoms with Crippen LogP contribution in [0.3, 0.4) is 0 Å². The Bertz CT molecular complexity index is 455. The minimum Gasteiger partial charge on any atom is -0.467 e. The summed E-state index contributed by atoms with van der Waals surface area (Å²) in [5, 5.41) is 3.31. The summed E-state index contributed by atoms with van der Waals surface area (Å²) in [5.41, 5.74) is -0.576. The van der Waals surface area contributed by atoms with Crippen molar-refractivity contribution < 1.29 is 14.3 Å². The highest BCUT2D eigenvalue weighted by molar-refractivity contribution is 9.10. The standard InChI is InChI=1S/C12H18BrN3O3/c1-16-6-9(13)15-11(16)12(4-3-5-14-8-12)19-7-10(17)18-2/h6,14H,3-5,7-8H2,1-2H3. The van der Waals surface area contributed by atoms with Gasteiger partial charge in [0.15, 0.2) is 0 Å². The maximum Gasteiger partial charge on any atom is 0.331 e. The van der Waals surface area contributed by atoms with Gasteiger partial charge >= 0.3 is 5.97 Å². The first-order chi connectivity index (χ1) is 9.07. The molecular weight excluding hydrogens is 314 g/mol. The van der Waals surface area contributed by atoms with Crippen molar-refractivity contribution in [1.82, 2.24) is 14.9 Å². The number of nitrogens with zero attached hydrogens (tertiary/aromatic N) is 2. The minimum atomic E-state index is -0.576. The van der Waals surface area contributed by atoms with Gasteiger partial charge in [-0.1, -0.05) is 0 Å². The number of nitrogens with one attached hydrogen (secondary N) is 1. The molecule has 106 valence electrons. The Hall–Kier alpha value is -0.920. The van der Waals surface area contributed by atoms with Gasteiger partial charge in [-0.25, -0.2) is 9.78 Å². The molecule has 1 N–H and O–H groups in total. The van der Waals surface area contributed by atoms with Gasteiger partial charge in [0.05, 0.1) is 7.11 Å². The van der Waals surface area contributed by atoms with Crippen molar-refractivity contribution in [3.63, 3.8) is 0 Å². The number of carbonyl (C=O) groups is 1. The van der Waals surface area contributed by atoms with Crippen LogP contribution < -0.4 is 5.32 Å². The molecule has 0 aromatic carbocycles. The third kappa shape index (κ3) is 3.16. The van der Waals surface area contributed by atoms with Crippen molar-refractivity contribution in [3.8, 4) is 0 Å². The smallest absolute Gasteiger partial charge is 0.331 e. The summed E-state index contributed by atoms with van der Waals surface area (Å²) in [5.74, 6) is 0.439. The average Bonchev–Trinajstić information content (AvgIpc) is 2.76. The Labute approximate surface area is 120 Å². The van der Waals surface area contributed by atoms with Gasteiger partial charge in [0.25, 0.3) is 0 Å². The number of imidazole rings is 1. The first-order valence-corrected chi connectivity index (χ1v) is 6.97. The molecule has 0 saturated carbocycles. The second-order valence-corrected chi connectivity index (χ2v) is 5.45. The quantitative estimate of drug-likeness (QED) is 0.832. The van der Waals surface area contributed by atoms with E-state index in [4.69, 9.17) is 4.74 Å². The first kappa shape index (κ1) is 14.5. The number of ether oxygens (including phenoxy) is 2. The van der Waals surface area contributed by atoms with Crippen molar-refractivity contribution >= 4 is 21.9 Å². The molecule has 1 saturated heterocycles. The number of hydrogen-bond acceptors (Lipinski definition) is 5. The summed E-state index contributed by atoms with van der Waals surface area (Å²) < 4.78 is 13.2. The van der Waals surface area contributed by atoms with E-state index in [2.05, 4.69) is 31.0 Å². The summed E-state index contributed by atoms with van der Waals surface area (Å²) in [6.45, 7) is 1.53. The summed E-state index contributed by atoms with van der Waals surface area (Å²) in [6.07, 6.45) is 3.69. The molecule has 1 aromatic heterocycles. The predicted octanol–water partition coefficient (Wildman–Crippen LogP) is 0.951. The van der Waals surface area contributed by atoms with Gasteiger partial charge in [-0.3, -0.25) is 0 Å². The topological polar surface area (TPSA) is 65.4 Å². The normalized spacial score (nSPS) is 23.3. The van der Waals surface area contributed by atoms with E-state index in [0.717, 1.165) is 29.8 Å². The molecule has 2 rings (SSSR count). The monoisotopic (exact) mass is 331 g/mol. The van der Waals surface area contributed by atoms with E-state index in [1.54, 1.807) is 0 Å². The summed E-state index contributed by atoms with van der Waals surface area (Å²) in [6, 6.07) is 0. The van der Waals surface area contributed by atoms with Crippen LogP contribution in [0.2, 0.25) is 0 Å². The number of hydrogen-bond donors (Lipinski definition) is 1. The van der Waals surface area contributed by atoms with Crippen LogP contribution >= 0.6 is 15.9 Å². The van der Waals surface area contributed by atoms with E-state index in [9.17, 15) is 4.79 Å². The van der Waals surface area contributed by atoms with E-state index >= 15 is 0 Å². The minimum absolute atomic E-state index is 0.0668. The molecule has 19 heavy (non-hydrogen) atoms. The van der Waals surface area contributed by atoms with E-state index in [0.29, 0.717) is 6.54 Å². The summed E-state index contributed by atoms with van der Waals surface area (Å²) in [4.78, 5) is 15.8. The van der Waals surface area contributed by atoms with Crippen molar-refractivity contribution in [2.75, 3.05) is 26.8 Å². The Kier molecular flexibility index (Phi) is 4.59. The molecule has 1 unspecified atom stereocenters. The van der Waals surface area contributed by atoms with E-state index < -0.39 is 5.60 Å². The highest BCUT2D eigenvalue weighted by Crippen LogP contribution is 2.32. The maximum absolute atomic E-state index is 11.3. The molecule has 0 bridgehead atoms. The maximum atomic E-state index is 11.3. The van der Waals surface area contributed by atoms with Crippen LogP contribution in [-0.4, -0.2) is 42.3 Å². The zero-order chi connectivity index (χ0) is 13.9. The fourth-order valence-corrected chi connectivity index (χ4v) is 2.84. The number of carbonyl (C=O) groups excluding carboxylic acids is 1. The summed E-state index contributed by atoms with van der Waals surface area (Å²) >= 11 is 3.37. The fraction of sp³-hybridized carbons (Fsp3) is 0.667. The van der Waals surface area contributed by atoms with E-state index in [-0.39, 0.29) is 12.6 Å². The molecule has 1 fully saturated rings. The molecule has 0 aliphatic carbocycles. The highest BCUT2D eigenvalue weighted by Gasteiger charge is 2.39. The number of aryl methyl sites for hydroxylation is 1. The van der Waals surface area contributed by atoms with Gasteiger partial charge in [0.2, 0.25) is 0 Å². The van der Waals surface area contributed by atoms with Gasteiger partial charge < -0.3 is 19.4 Å². The number of aromatic nitrogens is 2. The molecule has 7 heteroatoms. The molecule has 1 aliphatic rings. The lowest BCUT2D eigenvalue weighted by molar-refractivity contribution is -0.156. The lowest BCUT2D eigenvalue weighted by atomic mass is 9.92. The molecule has 1 aliphatic heterocycles. The predicted molar refractivity (Wildman–Crippen MR) is 72.7 cm³/mol. The van der Waals surface area contributed by atoms with Crippen LogP contribution in [0.1, 0.15) is 18.7 Å². The van der Waals surface area contributed by atoms with Gasteiger partial charge in [0.1, 0.15) is 22.6 Å². The molecule has 0 amide bonds. The summed E-state index contributed by atoms with van der Waals surface area (Å²) in [7, 11) is 3.28. The van der Waals surface area contributed by atoms with Crippen LogP contribution in [0.5, 0.6) is 0 Å². The lowest BCUT2D eigenvalue weighted by Gasteiger charge is -2.36. The molecule has 6 nitrogen and oxygen atoms in total. The highest BCUT2D eigenvalue weighted by atomic mass is 79.9. The second kappa shape index (κ2) is 6.02. The van der Waals surface area contributed by atoms with Crippen molar-refractivity contribution in [3.05, 3.63) is 16.6 Å². The first-order valence-electron chi connectivity index (χ1n) is 6.18. The van der Waals surface area contributed by atoms with E-state index in [1.807, 2.05) is 17.8 Å². The molecule has 2 heterocycles. The molecular formula is C12H18BrN3O3. The Balaban J connectivity index is 2.23. The molecule has 1 atom stereocenters. The molecule has 0 radical (unpaired) electrons. The van der Waals surface area contributed by atoms with Crippen molar-refractivity contribution in [2.24, 2.45) is 7.05 Å². The number of halogens is 1. The Morgan fingerprint density at radius 1 is 1.68 bits per heavy atom. The van der Waals surface area contributed by atoms with Gasteiger partial charge in [-0.15, -0.1) is 0 Å². The van der Waals surface area contributed by atoms with E-state index in [1.165, 1.54) is 7.11 Å². The van der Waals surface area contributed by atoms with Crippen molar-refractivity contribution in [1.29, 1.82) is 0 Å². The zero-order valence-electron chi connectivity index (χ0n) is 11.1. The number of rotatable bonds is 4. The number of esters is 1. The van der Waals surface area contributed by atoms with Gasteiger partial charge in [-0.2, -0.15) is 0 Å². The van der Waals surface area contributed by atoms with Crippen LogP contribution in [0.25, 0.3) is 0 Å². The molecule has 0 spiro atoms. The third-order valence-electron chi connectivity index (χ3n) is 3.29. The third-order valence-corrected chi connectivity index (χ3v) is 3.68. The largest absolute Gasteiger partial charge is 0.467 e.